The molecule has 2 aromatic rings. The molecule has 0 radical (unpaired) electrons. The number of ether oxygens (including phenoxy) is 1. The lowest BCUT2D eigenvalue weighted by atomic mass is 10.0. The molecule has 3 heterocycles. The third-order valence-corrected chi connectivity index (χ3v) is 3.56. The van der Waals surface area contributed by atoms with E-state index in [0.29, 0.717) is 0 Å². The van der Waals surface area contributed by atoms with Crippen LogP contribution in [0.5, 0.6) is 0 Å². The van der Waals surface area contributed by atoms with Gasteiger partial charge in [0, 0.05) is 5.92 Å². The van der Waals surface area contributed by atoms with Gasteiger partial charge in [0.1, 0.15) is 18.9 Å². The minimum atomic E-state index is -2.54. The molecular weight excluding hydrogens is 271 g/mol. The van der Waals surface area contributed by atoms with Crippen LogP contribution in [-0.2, 0) is 4.74 Å². The highest BCUT2D eigenvalue weighted by Gasteiger charge is 2.54. The van der Waals surface area contributed by atoms with Gasteiger partial charge in [0.05, 0.1) is 12.7 Å². The molecule has 0 saturated carbocycles. The smallest absolute Gasteiger partial charge is 0.278 e. The molecule has 0 bridgehead atoms. The first-order valence-electron chi connectivity index (χ1n) is 6.04. The molecule has 1 aliphatic rings. The topological polar surface area (TPSA) is 113 Å². The van der Waals surface area contributed by atoms with Crippen LogP contribution in [0.4, 0.5) is 4.39 Å². The second-order valence-electron chi connectivity index (χ2n) is 4.81. The third kappa shape index (κ3) is 1.67. The lowest BCUT2D eigenvalue weighted by Gasteiger charge is -2.20. The monoisotopic (exact) mass is 284 g/mol. The van der Waals surface area contributed by atoms with Crippen molar-refractivity contribution in [2.24, 2.45) is 5.92 Å². The first-order chi connectivity index (χ1) is 9.48. The molecule has 0 aliphatic carbocycles. The normalized spacial score (nSPS) is 33.9. The Kier molecular flexibility index (Phi) is 2.85. The van der Waals surface area contributed by atoms with Crippen molar-refractivity contribution in [3.05, 3.63) is 23.0 Å². The molecule has 1 fully saturated rings. The number of halogens is 1. The average Bonchev–Trinajstić information content (AvgIpc) is 2.96. The van der Waals surface area contributed by atoms with E-state index in [1.54, 1.807) is 6.92 Å². The van der Waals surface area contributed by atoms with E-state index in [-0.39, 0.29) is 11.2 Å². The van der Waals surface area contributed by atoms with Gasteiger partial charge in [-0.1, -0.05) is 6.92 Å². The highest BCUT2D eigenvalue weighted by molar-refractivity contribution is 5.68. The summed E-state index contributed by atoms with van der Waals surface area (Å²) >= 11 is 0. The van der Waals surface area contributed by atoms with E-state index in [9.17, 15) is 14.3 Å². The van der Waals surface area contributed by atoms with Crippen LogP contribution in [0.15, 0.2) is 17.4 Å². The van der Waals surface area contributed by atoms with E-state index >= 15 is 0 Å². The quantitative estimate of drug-likeness (QED) is 0.672. The van der Waals surface area contributed by atoms with Crippen molar-refractivity contribution in [3.8, 4) is 0 Å². The summed E-state index contributed by atoms with van der Waals surface area (Å²) in [6.07, 6.45) is 0.0933. The summed E-state index contributed by atoms with van der Waals surface area (Å²) in [7, 11) is 0. The second-order valence-corrected chi connectivity index (χ2v) is 4.81. The van der Waals surface area contributed by atoms with Crippen LogP contribution in [0.3, 0.4) is 0 Å². The number of imidazole rings is 1. The Morgan fingerprint density at radius 3 is 3.00 bits per heavy atom. The number of H-pyrrole nitrogens is 1. The Hall–Kier alpha value is -1.84. The molecule has 9 heteroatoms. The minimum absolute atomic E-state index is 0.0955. The minimum Gasteiger partial charge on any atom is -0.390 e. The van der Waals surface area contributed by atoms with Crippen molar-refractivity contribution in [3.63, 3.8) is 0 Å². The number of fused-ring (bicyclic) bond motifs is 1. The second kappa shape index (κ2) is 4.33. The predicted octanol–water partition coefficient (Wildman–Crippen LogP) is -0.697. The largest absolute Gasteiger partial charge is 0.390 e. The van der Waals surface area contributed by atoms with Gasteiger partial charge in [-0.3, -0.25) is 9.36 Å². The molecule has 0 unspecified atom stereocenters. The van der Waals surface area contributed by atoms with E-state index in [1.165, 1.54) is 17.2 Å². The van der Waals surface area contributed by atoms with Crippen LogP contribution in [0.2, 0.25) is 0 Å². The zero-order valence-corrected chi connectivity index (χ0v) is 10.5. The van der Waals surface area contributed by atoms with Gasteiger partial charge in [0.15, 0.2) is 11.2 Å². The number of hydrogen-bond donors (Lipinski definition) is 3. The van der Waals surface area contributed by atoms with Gasteiger partial charge in [-0.15, -0.1) is 0 Å². The maximum Gasteiger partial charge on any atom is 0.278 e. The number of nitrogens with zero attached hydrogens (tertiary/aromatic N) is 3. The molecule has 8 nitrogen and oxygen atoms in total. The van der Waals surface area contributed by atoms with Gasteiger partial charge in [-0.2, -0.15) is 0 Å². The molecule has 20 heavy (non-hydrogen) atoms. The molecule has 0 spiro atoms. The average molecular weight is 284 g/mol. The Labute approximate surface area is 111 Å². The van der Waals surface area contributed by atoms with E-state index in [2.05, 4.69) is 15.0 Å². The van der Waals surface area contributed by atoms with Crippen molar-refractivity contribution in [2.45, 2.75) is 25.1 Å². The summed E-state index contributed by atoms with van der Waals surface area (Å²) in [5.74, 6) is -3.19. The molecule has 0 aromatic carbocycles. The fourth-order valence-electron chi connectivity index (χ4n) is 2.42. The number of nitrogens with one attached hydrogen (secondary N) is 1. The summed E-state index contributed by atoms with van der Waals surface area (Å²) in [5.41, 5.74) is -0.105. The number of hydrogen-bond acceptors (Lipinski definition) is 6. The van der Waals surface area contributed by atoms with E-state index in [0.717, 1.165) is 0 Å². The summed E-state index contributed by atoms with van der Waals surface area (Å²) < 4.78 is 20.7. The Morgan fingerprint density at radius 2 is 2.35 bits per heavy atom. The number of alkyl halides is 1. The van der Waals surface area contributed by atoms with Gasteiger partial charge in [0.2, 0.25) is 0 Å². The van der Waals surface area contributed by atoms with Crippen molar-refractivity contribution >= 4 is 11.2 Å². The fraction of sp³-hybridized carbons (Fsp3) is 0.545. The van der Waals surface area contributed by atoms with Crippen molar-refractivity contribution in [2.75, 3.05) is 6.61 Å². The first-order valence-corrected chi connectivity index (χ1v) is 6.04. The van der Waals surface area contributed by atoms with E-state index in [4.69, 9.17) is 9.84 Å². The zero-order valence-electron chi connectivity index (χ0n) is 10.5. The van der Waals surface area contributed by atoms with Gasteiger partial charge >= 0.3 is 0 Å². The van der Waals surface area contributed by atoms with Crippen molar-refractivity contribution in [1.29, 1.82) is 0 Å². The van der Waals surface area contributed by atoms with Gasteiger partial charge in [-0.25, -0.2) is 14.4 Å². The van der Waals surface area contributed by atoms with E-state index < -0.39 is 36.3 Å². The fourth-order valence-corrected chi connectivity index (χ4v) is 2.42. The lowest BCUT2D eigenvalue weighted by Crippen LogP contribution is -2.39. The summed E-state index contributed by atoms with van der Waals surface area (Å²) in [6.45, 7) is 0.612. The number of rotatable bonds is 2. The molecule has 3 rings (SSSR count). The maximum absolute atomic E-state index is 14.2. The number of aromatic nitrogens is 4. The van der Waals surface area contributed by atoms with Crippen LogP contribution in [0.25, 0.3) is 11.2 Å². The molecular formula is C11H13FN4O4. The molecule has 1 saturated heterocycles. The summed E-state index contributed by atoms with van der Waals surface area (Å²) in [5, 5.41) is 18.9. The van der Waals surface area contributed by atoms with Crippen LogP contribution in [-0.4, -0.2) is 48.3 Å². The standard InChI is InChI=1S/C11H13FN4O4/c1-5-7(18)11(12,2-17)20-10(5)16-4-15-6-8(16)13-3-14-9(6)19/h3-5,7,10,17-18H,2H2,1H3,(H,13,14,19)/t5-,7+,10-,11-/m1/s1. The number of aliphatic hydroxyl groups is 2. The van der Waals surface area contributed by atoms with Gasteiger partial charge in [0.25, 0.3) is 11.4 Å². The van der Waals surface area contributed by atoms with Crippen LogP contribution in [0.1, 0.15) is 13.2 Å². The highest BCUT2D eigenvalue weighted by Crippen LogP contribution is 2.42. The molecule has 2 aromatic heterocycles. The van der Waals surface area contributed by atoms with Crippen molar-refractivity contribution < 1.29 is 19.3 Å². The Balaban J connectivity index is 2.09. The van der Waals surface area contributed by atoms with E-state index in [1.807, 2.05) is 0 Å². The van der Waals surface area contributed by atoms with Crippen molar-refractivity contribution in [1.82, 2.24) is 19.5 Å². The predicted molar refractivity (Wildman–Crippen MR) is 64.4 cm³/mol. The third-order valence-electron chi connectivity index (χ3n) is 3.56. The Morgan fingerprint density at radius 1 is 1.60 bits per heavy atom. The lowest BCUT2D eigenvalue weighted by molar-refractivity contribution is -0.206. The Bertz CT molecular complexity index is 701. The number of aromatic amines is 1. The molecule has 4 atom stereocenters. The maximum atomic E-state index is 14.2. The van der Waals surface area contributed by atoms with Crippen LogP contribution in [0, 0.1) is 5.92 Å². The van der Waals surface area contributed by atoms with Gasteiger partial charge < -0.3 is 19.9 Å². The zero-order chi connectivity index (χ0) is 14.5. The van der Waals surface area contributed by atoms with Crippen LogP contribution < -0.4 is 5.56 Å². The number of aliphatic hydroxyl groups excluding tert-OH is 2. The first kappa shape index (κ1) is 13.2. The molecule has 1 aliphatic heterocycles. The molecule has 0 amide bonds. The summed E-state index contributed by atoms with van der Waals surface area (Å²) in [6, 6.07) is 0. The molecule has 108 valence electrons. The summed E-state index contributed by atoms with van der Waals surface area (Å²) in [4.78, 5) is 21.8. The molecule has 3 N–H and O–H groups in total. The highest BCUT2D eigenvalue weighted by atomic mass is 19.2. The van der Waals surface area contributed by atoms with Crippen LogP contribution >= 0.6 is 0 Å². The SMILES string of the molecule is C[C@H]1[C@H](n2cnc3c(=O)[nH]cnc32)O[C@](F)(CO)[C@H]1O. The van der Waals surface area contributed by atoms with Gasteiger partial charge in [-0.05, 0) is 0 Å².